The standard InChI is InChI=1S/C35H33ClN4O3S/c1-24-9-8-10-32(19-24)40-26(3)20-30(27(40)4)22-37-38-35(41)29-16-14-28(15-17-29)23-39(34-21-31(36)18-13-25(34)2)44(42,43)33-11-6-5-7-12-33/h5-22H,23H2,1-4H3,(H,38,41)/b37-22+. The maximum Gasteiger partial charge on any atom is 0.271 e. The second-order valence-corrected chi connectivity index (χ2v) is 13.0. The molecule has 0 bridgehead atoms. The SMILES string of the molecule is Cc1cccc(-n2c(C)cc(/C=N/NC(=O)c3ccc(CN(c4cc(Cl)ccc4C)S(=O)(=O)c4ccccc4)cc3)c2C)c1. The number of carbonyl (C=O) groups excluding carboxylic acids is 1. The van der Waals surface area contributed by atoms with Crippen molar-refractivity contribution in [2.24, 2.45) is 5.10 Å². The van der Waals surface area contributed by atoms with E-state index in [1.165, 1.54) is 9.87 Å². The van der Waals surface area contributed by atoms with E-state index in [1.54, 1.807) is 79.0 Å². The number of rotatable bonds is 9. The fourth-order valence-electron chi connectivity index (χ4n) is 5.11. The Hall–Kier alpha value is -4.66. The molecule has 7 nitrogen and oxygen atoms in total. The first-order valence-electron chi connectivity index (χ1n) is 14.1. The number of sulfonamides is 1. The number of nitrogens with one attached hydrogen (secondary N) is 1. The molecule has 1 aromatic heterocycles. The summed E-state index contributed by atoms with van der Waals surface area (Å²) in [5.74, 6) is -0.375. The number of aromatic nitrogens is 1. The highest BCUT2D eigenvalue weighted by molar-refractivity contribution is 7.92. The van der Waals surface area contributed by atoms with Crippen LogP contribution in [0.3, 0.4) is 0 Å². The highest BCUT2D eigenvalue weighted by Gasteiger charge is 2.26. The van der Waals surface area contributed by atoms with Crippen LogP contribution >= 0.6 is 11.6 Å². The Morgan fingerprint density at radius 2 is 1.61 bits per heavy atom. The highest BCUT2D eigenvalue weighted by Crippen LogP contribution is 2.31. The first-order valence-corrected chi connectivity index (χ1v) is 15.9. The van der Waals surface area contributed by atoms with Crippen molar-refractivity contribution in [1.82, 2.24) is 9.99 Å². The fraction of sp³-hybridized carbons (Fsp3) is 0.143. The van der Waals surface area contributed by atoms with Crippen molar-refractivity contribution >= 4 is 39.4 Å². The number of hydrogen-bond donors (Lipinski definition) is 1. The van der Waals surface area contributed by atoms with Gasteiger partial charge < -0.3 is 4.57 Å². The molecule has 44 heavy (non-hydrogen) atoms. The molecule has 0 saturated heterocycles. The van der Waals surface area contributed by atoms with Crippen molar-refractivity contribution in [3.63, 3.8) is 0 Å². The van der Waals surface area contributed by atoms with Gasteiger partial charge in [-0.25, -0.2) is 13.8 Å². The van der Waals surface area contributed by atoms with Gasteiger partial charge in [-0.2, -0.15) is 5.10 Å². The van der Waals surface area contributed by atoms with E-state index < -0.39 is 10.0 Å². The predicted octanol–water partition coefficient (Wildman–Crippen LogP) is 7.52. The van der Waals surface area contributed by atoms with Gasteiger partial charge >= 0.3 is 0 Å². The number of nitrogens with zero attached hydrogens (tertiary/aromatic N) is 3. The molecule has 0 radical (unpaired) electrons. The van der Waals surface area contributed by atoms with Gasteiger partial charge in [-0.1, -0.05) is 60.1 Å². The summed E-state index contributed by atoms with van der Waals surface area (Å²) < 4.78 is 31.0. The van der Waals surface area contributed by atoms with Crippen LogP contribution in [-0.2, 0) is 16.6 Å². The predicted molar refractivity (Wildman–Crippen MR) is 177 cm³/mol. The normalized spacial score (nSPS) is 11.6. The molecule has 5 rings (SSSR count). The zero-order chi connectivity index (χ0) is 31.4. The summed E-state index contributed by atoms with van der Waals surface area (Å²) in [6, 6.07) is 30.5. The van der Waals surface area contributed by atoms with Gasteiger partial charge in [0.25, 0.3) is 15.9 Å². The zero-order valence-electron chi connectivity index (χ0n) is 25.0. The lowest BCUT2D eigenvalue weighted by Gasteiger charge is -2.26. The Morgan fingerprint density at radius 3 is 2.32 bits per heavy atom. The van der Waals surface area contributed by atoms with Gasteiger partial charge in [0, 0.05) is 33.2 Å². The molecule has 4 aromatic carbocycles. The monoisotopic (exact) mass is 624 g/mol. The van der Waals surface area contributed by atoms with Gasteiger partial charge in [-0.05, 0) is 99.0 Å². The van der Waals surface area contributed by atoms with Crippen molar-refractivity contribution in [1.29, 1.82) is 0 Å². The molecule has 1 amide bonds. The number of aryl methyl sites for hydroxylation is 3. The van der Waals surface area contributed by atoms with Crippen LogP contribution in [0.5, 0.6) is 0 Å². The molecular weight excluding hydrogens is 592 g/mol. The van der Waals surface area contributed by atoms with Crippen LogP contribution in [0.15, 0.2) is 113 Å². The summed E-state index contributed by atoms with van der Waals surface area (Å²) in [5, 5.41) is 4.63. The Labute approximate surface area is 263 Å². The molecule has 0 atom stereocenters. The van der Waals surface area contributed by atoms with E-state index in [9.17, 15) is 13.2 Å². The van der Waals surface area contributed by atoms with Crippen molar-refractivity contribution in [2.75, 3.05) is 4.31 Å². The van der Waals surface area contributed by atoms with Crippen LogP contribution in [0, 0.1) is 27.7 Å². The molecule has 0 spiro atoms. The molecule has 1 N–H and O–H groups in total. The lowest BCUT2D eigenvalue weighted by Crippen LogP contribution is -2.31. The average Bonchev–Trinajstić information content (AvgIpc) is 3.30. The first-order chi connectivity index (χ1) is 21.0. The van der Waals surface area contributed by atoms with Gasteiger partial charge in [-0.3, -0.25) is 9.10 Å². The van der Waals surface area contributed by atoms with Gasteiger partial charge in [0.1, 0.15) is 0 Å². The molecule has 1 heterocycles. The Kier molecular flexibility index (Phi) is 9.04. The third kappa shape index (κ3) is 6.61. The summed E-state index contributed by atoms with van der Waals surface area (Å²) in [5.41, 5.74) is 10.2. The fourth-order valence-corrected chi connectivity index (χ4v) is 6.80. The topological polar surface area (TPSA) is 83.8 Å². The second kappa shape index (κ2) is 12.9. The molecule has 5 aromatic rings. The van der Waals surface area contributed by atoms with E-state index in [0.717, 1.165) is 28.2 Å². The van der Waals surface area contributed by atoms with Crippen molar-refractivity contribution < 1.29 is 13.2 Å². The third-order valence-corrected chi connectivity index (χ3v) is 9.42. The number of carbonyl (C=O) groups is 1. The minimum absolute atomic E-state index is 0.0506. The minimum Gasteiger partial charge on any atom is -0.318 e. The summed E-state index contributed by atoms with van der Waals surface area (Å²) >= 11 is 6.27. The van der Waals surface area contributed by atoms with E-state index in [2.05, 4.69) is 40.2 Å². The lowest BCUT2D eigenvalue weighted by atomic mass is 10.1. The largest absolute Gasteiger partial charge is 0.318 e. The molecule has 0 aliphatic heterocycles. The highest BCUT2D eigenvalue weighted by atomic mass is 35.5. The van der Waals surface area contributed by atoms with Crippen LogP contribution in [0.4, 0.5) is 5.69 Å². The third-order valence-electron chi connectivity index (χ3n) is 7.41. The number of benzene rings is 4. The minimum atomic E-state index is -3.91. The van der Waals surface area contributed by atoms with Crippen LogP contribution in [0.2, 0.25) is 5.02 Å². The number of hydrazone groups is 1. The van der Waals surface area contributed by atoms with Crippen LogP contribution < -0.4 is 9.73 Å². The molecule has 0 aliphatic carbocycles. The molecule has 224 valence electrons. The first kappa shape index (κ1) is 30.8. The Bertz CT molecular complexity index is 1950. The molecule has 0 unspecified atom stereocenters. The van der Waals surface area contributed by atoms with E-state index in [-0.39, 0.29) is 17.3 Å². The quantitative estimate of drug-likeness (QED) is 0.136. The summed E-state index contributed by atoms with van der Waals surface area (Å²) in [6.07, 6.45) is 1.64. The molecule has 0 saturated carbocycles. The number of halogens is 1. The summed E-state index contributed by atoms with van der Waals surface area (Å²) in [6.45, 7) is 8.00. The van der Waals surface area contributed by atoms with E-state index in [0.29, 0.717) is 21.8 Å². The smallest absolute Gasteiger partial charge is 0.271 e. The van der Waals surface area contributed by atoms with Gasteiger partial charge in [-0.15, -0.1) is 0 Å². The molecular formula is C35H33ClN4O3S. The van der Waals surface area contributed by atoms with E-state index in [1.807, 2.05) is 32.9 Å². The number of anilines is 1. The molecule has 9 heteroatoms. The van der Waals surface area contributed by atoms with Crippen LogP contribution in [-0.4, -0.2) is 25.1 Å². The van der Waals surface area contributed by atoms with Gasteiger partial charge in [0.2, 0.25) is 0 Å². The van der Waals surface area contributed by atoms with Crippen molar-refractivity contribution in [3.8, 4) is 5.69 Å². The average molecular weight is 625 g/mol. The second-order valence-electron chi connectivity index (χ2n) is 10.7. The van der Waals surface area contributed by atoms with Crippen LogP contribution in [0.25, 0.3) is 5.69 Å². The Morgan fingerprint density at radius 1 is 0.886 bits per heavy atom. The zero-order valence-corrected chi connectivity index (χ0v) is 26.5. The molecule has 0 fully saturated rings. The number of amides is 1. The van der Waals surface area contributed by atoms with Crippen LogP contribution in [0.1, 0.15) is 44.0 Å². The van der Waals surface area contributed by atoms with Gasteiger partial charge in [0.05, 0.1) is 23.3 Å². The number of hydrogen-bond acceptors (Lipinski definition) is 4. The van der Waals surface area contributed by atoms with E-state index in [4.69, 9.17) is 11.6 Å². The maximum atomic E-state index is 13.8. The van der Waals surface area contributed by atoms with E-state index >= 15 is 0 Å². The lowest BCUT2D eigenvalue weighted by molar-refractivity contribution is 0.0955. The van der Waals surface area contributed by atoms with Gasteiger partial charge in [0.15, 0.2) is 0 Å². The molecule has 0 aliphatic rings. The summed E-state index contributed by atoms with van der Waals surface area (Å²) in [4.78, 5) is 13.1. The van der Waals surface area contributed by atoms with Crippen molar-refractivity contribution in [2.45, 2.75) is 39.1 Å². The Balaban J connectivity index is 1.33. The maximum absolute atomic E-state index is 13.8. The summed E-state index contributed by atoms with van der Waals surface area (Å²) in [7, 11) is -3.91. The van der Waals surface area contributed by atoms with Crippen molar-refractivity contribution in [3.05, 3.63) is 147 Å².